The van der Waals surface area contributed by atoms with Crippen LogP contribution in [0, 0.1) is 5.82 Å². The van der Waals surface area contributed by atoms with E-state index in [2.05, 4.69) is 20.5 Å². The monoisotopic (exact) mass is 449 g/mol. The zero-order chi connectivity index (χ0) is 22.1. The number of oxazole rings is 1. The van der Waals surface area contributed by atoms with Crippen LogP contribution in [0.1, 0.15) is 37.2 Å². The van der Waals surface area contributed by atoms with Crippen molar-refractivity contribution in [3.05, 3.63) is 72.1 Å². The molecule has 1 fully saturated rings. The first kappa shape index (κ1) is 20.4. The number of anilines is 1. The van der Waals surface area contributed by atoms with Crippen LogP contribution in [0.3, 0.4) is 0 Å². The summed E-state index contributed by atoms with van der Waals surface area (Å²) in [6.07, 6.45) is 3.76. The molecule has 162 valence electrons. The van der Waals surface area contributed by atoms with E-state index in [1.165, 1.54) is 30.8 Å². The van der Waals surface area contributed by atoms with Crippen molar-refractivity contribution in [2.75, 3.05) is 5.32 Å². The molecule has 0 spiro atoms. The summed E-state index contributed by atoms with van der Waals surface area (Å²) in [6, 6.07) is 13.8. The lowest BCUT2D eigenvalue weighted by Gasteiger charge is -2.11. The van der Waals surface area contributed by atoms with Gasteiger partial charge >= 0.3 is 0 Å². The van der Waals surface area contributed by atoms with Crippen molar-refractivity contribution >= 4 is 23.4 Å². The van der Waals surface area contributed by atoms with Gasteiger partial charge in [0.1, 0.15) is 17.9 Å². The Hall–Kier alpha value is -3.46. The van der Waals surface area contributed by atoms with E-state index < -0.39 is 0 Å². The third kappa shape index (κ3) is 4.43. The van der Waals surface area contributed by atoms with Crippen molar-refractivity contribution in [2.45, 2.75) is 36.6 Å². The van der Waals surface area contributed by atoms with Gasteiger partial charge in [-0.1, -0.05) is 23.9 Å². The molecule has 5 rings (SSSR count). The third-order valence-electron chi connectivity index (χ3n) is 5.00. The minimum absolute atomic E-state index is 0.122. The molecule has 0 unspecified atom stereocenters. The number of nitrogens with zero attached hydrogens (tertiary/aromatic N) is 4. The van der Waals surface area contributed by atoms with Crippen LogP contribution in [0.15, 0.2) is 64.4 Å². The molecule has 9 heteroatoms. The van der Waals surface area contributed by atoms with Crippen LogP contribution < -0.4 is 5.32 Å². The first-order chi connectivity index (χ1) is 15.6. The fourth-order valence-electron chi connectivity index (χ4n) is 3.42. The number of halogens is 1. The maximum atomic E-state index is 13.5. The predicted octanol–water partition coefficient (Wildman–Crippen LogP) is 5.19. The molecule has 0 aliphatic heterocycles. The van der Waals surface area contributed by atoms with Gasteiger partial charge in [0.05, 0.1) is 11.4 Å². The number of rotatable bonds is 7. The number of benzene rings is 2. The normalized spacial score (nSPS) is 13.3. The Morgan fingerprint density at radius 3 is 2.84 bits per heavy atom. The first-order valence-corrected chi connectivity index (χ1v) is 11.2. The number of carbonyl (C=O) groups is 1. The van der Waals surface area contributed by atoms with E-state index in [0.29, 0.717) is 23.1 Å². The van der Waals surface area contributed by atoms with E-state index in [-0.39, 0.29) is 11.7 Å². The molecule has 2 aromatic heterocycles. The highest BCUT2D eigenvalue weighted by atomic mass is 32.2. The van der Waals surface area contributed by atoms with E-state index in [1.807, 2.05) is 28.8 Å². The zero-order valence-electron chi connectivity index (χ0n) is 17.3. The lowest BCUT2D eigenvalue weighted by atomic mass is 10.2. The summed E-state index contributed by atoms with van der Waals surface area (Å²) in [7, 11) is 0. The van der Waals surface area contributed by atoms with Gasteiger partial charge in [0, 0.05) is 29.8 Å². The van der Waals surface area contributed by atoms with Crippen molar-refractivity contribution in [3.8, 4) is 17.1 Å². The van der Waals surface area contributed by atoms with Crippen LogP contribution in [0.25, 0.3) is 17.1 Å². The van der Waals surface area contributed by atoms with Crippen LogP contribution in [0.5, 0.6) is 0 Å². The Bertz CT molecular complexity index is 1280. The Morgan fingerprint density at radius 2 is 2.06 bits per heavy atom. The van der Waals surface area contributed by atoms with Crippen LogP contribution in [-0.2, 0) is 10.5 Å². The Balaban J connectivity index is 1.39. The number of carbonyl (C=O) groups excluding carboxylic acids is 1. The molecular formula is C23H20FN5O2S. The fraction of sp³-hybridized carbons (Fsp3) is 0.217. The van der Waals surface area contributed by atoms with E-state index in [4.69, 9.17) is 4.42 Å². The molecule has 2 heterocycles. The number of thioether (sulfide) groups is 1. The van der Waals surface area contributed by atoms with Crippen molar-refractivity contribution < 1.29 is 13.6 Å². The molecule has 0 radical (unpaired) electrons. The first-order valence-electron chi connectivity index (χ1n) is 10.2. The van der Waals surface area contributed by atoms with Crippen LogP contribution in [0.2, 0.25) is 0 Å². The number of amides is 1. The van der Waals surface area contributed by atoms with E-state index in [1.54, 1.807) is 18.4 Å². The summed E-state index contributed by atoms with van der Waals surface area (Å²) in [6.45, 7) is 1.48. The molecule has 1 aliphatic carbocycles. The number of hydrogen-bond acceptors (Lipinski definition) is 6. The average molecular weight is 450 g/mol. The Labute approximate surface area is 188 Å². The summed E-state index contributed by atoms with van der Waals surface area (Å²) in [4.78, 5) is 15.9. The van der Waals surface area contributed by atoms with Gasteiger partial charge in [-0.15, -0.1) is 10.2 Å². The second-order valence-electron chi connectivity index (χ2n) is 7.62. The predicted molar refractivity (Wildman–Crippen MR) is 119 cm³/mol. The average Bonchev–Trinajstić information content (AvgIpc) is 3.35. The third-order valence-corrected chi connectivity index (χ3v) is 5.96. The van der Waals surface area contributed by atoms with Crippen molar-refractivity contribution in [1.82, 2.24) is 19.7 Å². The van der Waals surface area contributed by atoms with Crippen LogP contribution in [0.4, 0.5) is 10.1 Å². The van der Waals surface area contributed by atoms with Gasteiger partial charge in [0.15, 0.2) is 5.16 Å². The van der Waals surface area contributed by atoms with E-state index in [9.17, 15) is 9.18 Å². The Morgan fingerprint density at radius 1 is 1.22 bits per heavy atom. The smallest absolute Gasteiger partial charge is 0.226 e. The summed E-state index contributed by atoms with van der Waals surface area (Å²) < 4.78 is 21.1. The van der Waals surface area contributed by atoms with Gasteiger partial charge < -0.3 is 9.73 Å². The minimum Gasteiger partial charge on any atom is -0.444 e. The molecule has 7 nitrogen and oxygen atoms in total. The maximum Gasteiger partial charge on any atom is 0.226 e. The zero-order valence-corrected chi connectivity index (χ0v) is 18.1. The van der Waals surface area contributed by atoms with Crippen molar-refractivity contribution in [2.24, 2.45) is 0 Å². The van der Waals surface area contributed by atoms with Gasteiger partial charge in [-0.3, -0.25) is 9.36 Å². The molecule has 0 bridgehead atoms. The number of nitrogens with one attached hydrogen (secondary N) is 1. The summed E-state index contributed by atoms with van der Waals surface area (Å²) in [5.74, 6) is 1.76. The molecular weight excluding hydrogens is 429 g/mol. The van der Waals surface area contributed by atoms with Gasteiger partial charge in [-0.05, 0) is 49.2 Å². The van der Waals surface area contributed by atoms with Gasteiger partial charge in [-0.2, -0.15) is 0 Å². The van der Waals surface area contributed by atoms with E-state index >= 15 is 0 Å². The molecule has 0 saturated heterocycles. The van der Waals surface area contributed by atoms with Gasteiger partial charge in [0.2, 0.25) is 11.8 Å². The molecule has 1 saturated carbocycles. The summed E-state index contributed by atoms with van der Waals surface area (Å²) in [5, 5.41) is 12.4. The number of hydrogen-bond donors (Lipinski definition) is 1. The second-order valence-corrected chi connectivity index (χ2v) is 8.57. The lowest BCUT2D eigenvalue weighted by molar-refractivity contribution is -0.114. The van der Waals surface area contributed by atoms with Crippen molar-refractivity contribution in [1.29, 1.82) is 0 Å². The van der Waals surface area contributed by atoms with Crippen LogP contribution >= 0.6 is 11.8 Å². The second kappa shape index (κ2) is 8.58. The Kier molecular flexibility index (Phi) is 5.48. The number of aromatic nitrogens is 4. The van der Waals surface area contributed by atoms with Crippen molar-refractivity contribution in [3.63, 3.8) is 0 Å². The largest absolute Gasteiger partial charge is 0.444 e. The molecule has 1 N–H and O–H groups in total. The minimum atomic E-state index is -0.334. The van der Waals surface area contributed by atoms with Gasteiger partial charge in [-0.25, -0.2) is 9.37 Å². The quantitative estimate of drug-likeness (QED) is 0.391. The molecule has 0 atom stereocenters. The highest BCUT2D eigenvalue weighted by molar-refractivity contribution is 7.98. The summed E-state index contributed by atoms with van der Waals surface area (Å²) in [5.41, 5.74) is 2.93. The fourth-order valence-corrected chi connectivity index (χ4v) is 4.25. The SMILES string of the molecule is CC(=O)Nc1cccc(-n2c(SCc3coc(-c4cccc(F)c4)n3)nnc2C2CC2)c1. The summed E-state index contributed by atoms with van der Waals surface area (Å²) >= 11 is 1.50. The molecule has 2 aromatic carbocycles. The maximum absolute atomic E-state index is 13.5. The highest BCUT2D eigenvalue weighted by Crippen LogP contribution is 2.41. The van der Waals surface area contributed by atoms with Crippen LogP contribution in [-0.4, -0.2) is 25.7 Å². The molecule has 4 aromatic rings. The molecule has 32 heavy (non-hydrogen) atoms. The van der Waals surface area contributed by atoms with E-state index in [0.717, 1.165) is 40.9 Å². The molecule has 1 aliphatic rings. The highest BCUT2D eigenvalue weighted by Gasteiger charge is 2.31. The standard InChI is InChI=1S/C23H20FN5O2S/c1-14(30)25-18-6-3-7-20(11-18)29-21(15-8-9-15)27-28-23(29)32-13-19-12-31-22(26-19)16-4-2-5-17(24)10-16/h2-7,10-12,15H,8-9,13H2,1H3,(H,25,30). The molecule has 1 amide bonds. The lowest BCUT2D eigenvalue weighted by Crippen LogP contribution is -2.07. The van der Waals surface area contributed by atoms with Gasteiger partial charge in [0.25, 0.3) is 0 Å². The topological polar surface area (TPSA) is 85.8 Å².